The summed E-state index contributed by atoms with van der Waals surface area (Å²) in [5.74, 6) is 0.0542. The fourth-order valence-electron chi connectivity index (χ4n) is 4.15. The summed E-state index contributed by atoms with van der Waals surface area (Å²) in [6.07, 6.45) is 33.2. The van der Waals surface area contributed by atoms with Gasteiger partial charge in [0.05, 0.1) is 12.2 Å². The van der Waals surface area contributed by atoms with Crippen LogP contribution < -0.4 is 0 Å². The number of rotatable bonds is 28. The Balaban J connectivity index is 3.82. The Morgan fingerprint density at radius 2 is 1.27 bits per heavy atom. The topological polar surface area (TPSA) is 113 Å². The molecule has 256 valence electrons. The lowest BCUT2D eigenvalue weighted by Gasteiger charge is -2.12. The molecular weight excluding hydrogens is 568 g/mol. The van der Waals surface area contributed by atoms with Crippen LogP contribution in [0.2, 0.25) is 0 Å². The highest BCUT2D eigenvalue weighted by Gasteiger charge is 2.12. The molecule has 7 heteroatoms. The molecule has 0 amide bonds. The van der Waals surface area contributed by atoms with Gasteiger partial charge in [0.25, 0.3) is 0 Å². The molecule has 0 spiro atoms. The standard InChI is InChI=1S/C38H62O7/c1-4-6-17-25-34(39)26-19-13-8-7-9-14-20-27-35(40)28-21-16-23-30-38(43)45-32-36(41)31-44-37(42)29-22-15-11-10-12-18-24-33(3)5-2/h6,8-9,13-14,17,19-21,26-28,33-36,39-41H,4-5,7,10-12,15-16,18,22-25,29-32H2,1-3H3/b13-8-,14-9-,17-6-,26-19+,27-20+,28-21-/t33?,34-,35-,36+/m1/s1. The zero-order chi connectivity index (χ0) is 33.4. The Morgan fingerprint density at radius 1 is 0.667 bits per heavy atom. The van der Waals surface area contributed by atoms with Gasteiger partial charge in [-0.25, -0.2) is 0 Å². The first-order valence-electron chi connectivity index (χ1n) is 17.1. The van der Waals surface area contributed by atoms with Crippen LogP contribution in [-0.2, 0) is 19.1 Å². The number of esters is 2. The maximum absolute atomic E-state index is 11.9. The Hall–Kier alpha value is -2.74. The first kappa shape index (κ1) is 42.3. The van der Waals surface area contributed by atoms with Crippen molar-refractivity contribution in [3.63, 3.8) is 0 Å². The van der Waals surface area contributed by atoms with Gasteiger partial charge in [-0.2, -0.15) is 0 Å². The van der Waals surface area contributed by atoms with Crippen molar-refractivity contribution in [1.82, 2.24) is 0 Å². The van der Waals surface area contributed by atoms with E-state index >= 15 is 0 Å². The van der Waals surface area contributed by atoms with E-state index < -0.39 is 24.3 Å². The van der Waals surface area contributed by atoms with E-state index in [1.165, 1.54) is 32.1 Å². The minimum absolute atomic E-state index is 0.179. The van der Waals surface area contributed by atoms with Crippen molar-refractivity contribution in [3.05, 3.63) is 72.9 Å². The van der Waals surface area contributed by atoms with Crippen LogP contribution in [0.3, 0.4) is 0 Å². The number of hydrogen-bond acceptors (Lipinski definition) is 7. The first-order valence-corrected chi connectivity index (χ1v) is 17.1. The normalized spacial score (nSPS) is 15.2. The largest absolute Gasteiger partial charge is 0.463 e. The van der Waals surface area contributed by atoms with Crippen molar-refractivity contribution in [1.29, 1.82) is 0 Å². The molecule has 45 heavy (non-hydrogen) atoms. The average molecular weight is 631 g/mol. The Labute approximate surface area is 273 Å². The van der Waals surface area contributed by atoms with E-state index in [2.05, 4.69) is 20.8 Å². The smallest absolute Gasteiger partial charge is 0.305 e. The van der Waals surface area contributed by atoms with Gasteiger partial charge in [0.15, 0.2) is 0 Å². The molecule has 0 aliphatic carbocycles. The molecule has 0 aromatic heterocycles. The Kier molecular flexibility index (Phi) is 29.3. The number of carbonyl (C=O) groups is 2. The molecule has 7 nitrogen and oxygen atoms in total. The highest BCUT2D eigenvalue weighted by molar-refractivity contribution is 5.69. The average Bonchev–Trinajstić information content (AvgIpc) is 3.02. The van der Waals surface area contributed by atoms with E-state index in [0.29, 0.717) is 25.7 Å². The number of unbranched alkanes of at least 4 members (excludes halogenated alkanes) is 6. The summed E-state index contributed by atoms with van der Waals surface area (Å²) >= 11 is 0. The van der Waals surface area contributed by atoms with Crippen LogP contribution in [0.15, 0.2) is 72.9 Å². The quantitative estimate of drug-likeness (QED) is 0.0347. The number of aliphatic hydroxyl groups excluding tert-OH is 3. The summed E-state index contributed by atoms with van der Waals surface area (Å²) < 4.78 is 10.2. The van der Waals surface area contributed by atoms with Crippen molar-refractivity contribution >= 4 is 11.9 Å². The van der Waals surface area contributed by atoms with Gasteiger partial charge in [0, 0.05) is 12.8 Å². The SMILES string of the molecule is CC/C=C\C[C@@H](O)/C=C/C=C\C/C=C\C=C\[C@@H](O)/C=C\CCCC(=O)OC[C@@H](O)COC(=O)CCCCCCCCC(C)CC. The molecule has 0 aliphatic rings. The third kappa shape index (κ3) is 31.0. The Bertz CT molecular complexity index is 900. The van der Waals surface area contributed by atoms with Crippen molar-refractivity contribution in [2.45, 2.75) is 135 Å². The monoisotopic (exact) mass is 630 g/mol. The van der Waals surface area contributed by atoms with Crippen LogP contribution in [0.4, 0.5) is 0 Å². The minimum Gasteiger partial charge on any atom is -0.463 e. The van der Waals surface area contributed by atoms with Crippen molar-refractivity contribution < 1.29 is 34.4 Å². The van der Waals surface area contributed by atoms with Crippen LogP contribution in [0, 0.1) is 5.92 Å². The summed E-state index contributed by atoms with van der Waals surface area (Å²) in [6.45, 7) is 6.21. The van der Waals surface area contributed by atoms with E-state index in [4.69, 9.17) is 9.47 Å². The van der Waals surface area contributed by atoms with Gasteiger partial charge in [-0.3, -0.25) is 9.59 Å². The van der Waals surface area contributed by atoms with E-state index in [-0.39, 0.29) is 25.6 Å². The molecule has 0 aliphatic heterocycles. The maximum atomic E-state index is 11.9. The van der Waals surface area contributed by atoms with E-state index in [1.54, 1.807) is 24.3 Å². The van der Waals surface area contributed by atoms with Gasteiger partial charge < -0.3 is 24.8 Å². The molecule has 0 saturated carbocycles. The summed E-state index contributed by atoms with van der Waals surface area (Å²) in [6, 6.07) is 0. The van der Waals surface area contributed by atoms with Gasteiger partial charge in [0.2, 0.25) is 0 Å². The molecular formula is C38H62O7. The number of allylic oxidation sites excluding steroid dienone is 8. The zero-order valence-corrected chi connectivity index (χ0v) is 28.2. The van der Waals surface area contributed by atoms with Gasteiger partial charge in [-0.15, -0.1) is 0 Å². The number of ether oxygens (including phenoxy) is 2. The highest BCUT2D eigenvalue weighted by Crippen LogP contribution is 2.14. The van der Waals surface area contributed by atoms with Gasteiger partial charge in [0.1, 0.15) is 19.3 Å². The molecule has 0 bridgehead atoms. The molecule has 0 aromatic carbocycles. The molecule has 4 atom stereocenters. The molecule has 3 N–H and O–H groups in total. The van der Waals surface area contributed by atoms with Crippen LogP contribution in [-0.4, -0.2) is 58.8 Å². The van der Waals surface area contributed by atoms with Crippen molar-refractivity contribution in [3.8, 4) is 0 Å². The predicted molar refractivity (Wildman–Crippen MR) is 185 cm³/mol. The molecule has 0 heterocycles. The fraction of sp³-hybridized carbons (Fsp3) is 0.632. The van der Waals surface area contributed by atoms with Gasteiger partial charge in [-0.05, 0) is 44.4 Å². The molecule has 0 aromatic rings. The number of hydrogen-bond donors (Lipinski definition) is 3. The second kappa shape index (κ2) is 31.3. The second-order valence-corrected chi connectivity index (χ2v) is 11.5. The molecule has 0 radical (unpaired) electrons. The highest BCUT2D eigenvalue weighted by atomic mass is 16.6. The third-order valence-corrected chi connectivity index (χ3v) is 7.17. The number of aliphatic hydroxyl groups is 3. The zero-order valence-electron chi connectivity index (χ0n) is 28.2. The summed E-state index contributed by atoms with van der Waals surface area (Å²) in [7, 11) is 0. The van der Waals surface area contributed by atoms with Crippen LogP contribution in [0.1, 0.15) is 117 Å². The van der Waals surface area contributed by atoms with E-state index in [0.717, 1.165) is 38.0 Å². The van der Waals surface area contributed by atoms with E-state index in [9.17, 15) is 24.9 Å². The minimum atomic E-state index is -1.04. The molecule has 0 fully saturated rings. The van der Waals surface area contributed by atoms with Crippen molar-refractivity contribution in [2.75, 3.05) is 13.2 Å². The lowest BCUT2D eigenvalue weighted by molar-refractivity contribution is -0.152. The molecule has 0 saturated heterocycles. The van der Waals surface area contributed by atoms with Crippen LogP contribution in [0.25, 0.3) is 0 Å². The van der Waals surface area contributed by atoms with Crippen LogP contribution >= 0.6 is 0 Å². The summed E-state index contributed by atoms with van der Waals surface area (Å²) in [4.78, 5) is 23.8. The second-order valence-electron chi connectivity index (χ2n) is 11.5. The van der Waals surface area contributed by atoms with Crippen molar-refractivity contribution in [2.24, 2.45) is 5.92 Å². The fourth-order valence-corrected chi connectivity index (χ4v) is 4.15. The first-order chi connectivity index (χ1) is 21.8. The Morgan fingerprint density at radius 3 is 1.91 bits per heavy atom. The molecule has 1 unspecified atom stereocenters. The van der Waals surface area contributed by atoms with Crippen LogP contribution in [0.5, 0.6) is 0 Å². The third-order valence-electron chi connectivity index (χ3n) is 7.17. The molecule has 0 rings (SSSR count). The van der Waals surface area contributed by atoms with Gasteiger partial charge in [-0.1, -0.05) is 139 Å². The van der Waals surface area contributed by atoms with E-state index in [1.807, 2.05) is 48.6 Å². The summed E-state index contributed by atoms with van der Waals surface area (Å²) in [5.41, 5.74) is 0. The summed E-state index contributed by atoms with van der Waals surface area (Å²) in [5, 5.41) is 29.7. The number of carbonyl (C=O) groups excluding carboxylic acids is 2. The van der Waals surface area contributed by atoms with Gasteiger partial charge >= 0.3 is 11.9 Å². The maximum Gasteiger partial charge on any atom is 0.305 e. The lowest BCUT2D eigenvalue weighted by Crippen LogP contribution is -2.25. The predicted octanol–water partition coefficient (Wildman–Crippen LogP) is 8.02. The lowest BCUT2D eigenvalue weighted by atomic mass is 10.00.